The highest BCUT2D eigenvalue weighted by Gasteiger charge is 2.28. The number of likely N-dealkylation sites (tertiary alicyclic amines) is 1. The van der Waals surface area contributed by atoms with Gasteiger partial charge in [0.05, 0.1) is 6.04 Å². The Bertz CT molecular complexity index is 193. The summed E-state index contributed by atoms with van der Waals surface area (Å²) in [6.45, 7) is 5.34. The summed E-state index contributed by atoms with van der Waals surface area (Å²) in [6.07, 6.45) is 0.899. The van der Waals surface area contributed by atoms with E-state index in [1.807, 2.05) is 13.8 Å². The summed E-state index contributed by atoms with van der Waals surface area (Å²) in [5.74, 6) is 0.243. The van der Waals surface area contributed by atoms with Crippen LogP contribution >= 0.6 is 0 Å². The zero-order valence-corrected chi connectivity index (χ0v) is 8.36. The fourth-order valence-electron chi connectivity index (χ4n) is 1.48. The third-order valence-corrected chi connectivity index (χ3v) is 2.54. The van der Waals surface area contributed by atoms with Crippen LogP contribution in [0.5, 0.6) is 0 Å². The monoisotopic (exact) mass is 185 g/mol. The van der Waals surface area contributed by atoms with Gasteiger partial charge in [-0.15, -0.1) is 0 Å². The smallest absolute Gasteiger partial charge is 0.239 e. The molecule has 0 unspecified atom stereocenters. The van der Waals surface area contributed by atoms with Crippen molar-refractivity contribution in [2.45, 2.75) is 32.4 Å². The van der Waals surface area contributed by atoms with Crippen LogP contribution in [0.1, 0.15) is 20.3 Å². The van der Waals surface area contributed by atoms with Gasteiger partial charge >= 0.3 is 0 Å². The number of hydrogen-bond donors (Lipinski definition) is 2. The predicted molar refractivity (Wildman–Crippen MR) is 52.0 cm³/mol. The van der Waals surface area contributed by atoms with Crippen LogP contribution in [0, 0.1) is 5.92 Å². The SMILES string of the molecule is CC(C)[C@H](N)C(=O)N1CC[C@@H](N)C1. The van der Waals surface area contributed by atoms with Gasteiger partial charge in [-0.05, 0) is 12.3 Å². The summed E-state index contributed by atoms with van der Waals surface area (Å²) in [5.41, 5.74) is 11.5. The molecule has 1 aliphatic heterocycles. The summed E-state index contributed by atoms with van der Waals surface area (Å²) >= 11 is 0. The van der Waals surface area contributed by atoms with Crippen molar-refractivity contribution in [1.29, 1.82) is 0 Å². The number of amides is 1. The molecule has 13 heavy (non-hydrogen) atoms. The summed E-state index contributed by atoms with van der Waals surface area (Å²) in [5, 5.41) is 0. The molecular weight excluding hydrogens is 166 g/mol. The van der Waals surface area contributed by atoms with Crippen LogP contribution in [0.4, 0.5) is 0 Å². The molecule has 0 aliphatic carbocycles. The average molecular weight is 185 g/mol. The van der Waals surface area contributed by atoms with Gasteiger partial charge in [0, 0.05) is 19.1 Å². The lowest BCUT2D eigenvalue weighted by atomic mass is 10.0. The van der Waals surface area contributed by atoms with Crippen molar-refractivity contribution < 1.29 is 4.79 Å². The van der Waals surface area contributed by atoms with Crippen LogP contribution in [0.2, 0.25) is 0 Å². The fraction of sp³-hybridized carbons (Fsp3) is 0.889. The van der Waals surface area contributed by atoms with Gasteiger partial charge in [-0.3, -0.25) is 4.79 Å². The van der Waals surface area contributed by atoms with Crippen molar-refractivity contribution in [3.05, 3.63) is 0 Å². The Balaban J connectivity index is 2.48. The molecule has 0 spiro atoms. The first-order valence-corrected chi connectivity index (χ1v) is 4.82. The molecule has 4 nitrogen and oxygen atoms in total. The highest BCUT2D eigenvalue weighted by Crippen LogP contribution is 2.10. The minimum atomic E-state index is -0.370. The summed E-state index contributed by atoms with van der Waals surface area (Å²) in [6, 6.07) is -0.228. The van der Waals surface area contributed by atoms with Gasteiger partial charge < -0.3 is 16.4 Å². The molecule has 1 rings (SSSR count). The van der Waals surface area contributed by atoms with Gasteiger partial charge in [-0.2, -0.15) is 0 Å². The number of carbonyl (C=O) groups is 1. The number of nitrogens with two attached hydrogens (primary N) is 2. The van der Waals surface area contributed by atoms with Crippen LogP contribution in [0.15, 0.2) is 0 Å². The molecule has 76 valence electrons. The molecule has 0 aromatic rings. The third kappa shape index (κ3) is 2.42. The Hall–Kier alpha value is -0.610. The molecule has 0 saturated carbocycles. The first kappa shape index (κ1) is 10.5. The van der Waals surface area contributed by atoms with Gasteiger partial charge in [0.2, 0.25) is 5.91 Å². The Morgan fingerprint density at radius 1 is 1.54 bits per heavy atom. The molecule has 0 radical (unpaired) electrons. The maximum absolute atomic E-state index is 11.7. The van der Waals surface area contributed by atoms with E-state index in [0.29, 0.717) is 6.54 Å². The van der Waals surface area contributed by atoms with Crippen molar-refractivity contribution in [3.63, 3.8) is 0 Å². The first-order valence-electron chi connectivity index (χ1n) is 4.82. The van der Waals surface area contributed by atoms with Gasteiger partial charge in [-0.1, -0.05) is 13.8 Å². The third-order valence-electron chi connectivity index (χ3n) is 2.54. The maximum Gasteiger partial charge on any atom is 0.239 e. The molecular formula is C9H19N3O. The number of carbonyl (C=O) groups excluding carboxylic acids is 1. The molecule has 1 aliphatic rings. The Morgan fingerprint density at radius 2 is 2.15 bits per heavy atom. The molecule has 1 fully saturated rings. The van der Waals surface area contributed by atoms with Crippen LogP contribution < -0.4 is 11.5 Å². The number of hydrogen-bond acceptors (Lipinski definition) is 3. The van der Waals surface area contributed by atoms with Gasteiger partial charge in [-0.25, -0.2) is 0 Å². The number of rotatable bonds is 2. The van der Waals surface area contributed by atoms with E-state index in [1.165, 1.54) is 0 Å². The lowest BCUT2D eigenvalue weighted by molar-refractivity contribution is -0.132. The van der Waals surface area contributed by atoms with E-state index >= 15 is 0 Å². The lowest BCUT2D eigenvalue weighted by Crippen LogP contribution is -2.46. The Kier molecular flexibility index (Phi) is 3.27. The molecule has 4 N–H and O–H groups in total. The van der Waals surface area contributed by atoms with E-state index in [4.69, 9.17) is 11.5 Å². The van der Waals surface area contributed by atoms with E-state index in [-0.39, 0.29) is 23.9 Å². The summed E-state index contributed by atoms with van der Waals surface area (Å²) < 4.78 is 0. The van der Waals surface area contributed by atoms with E-state index < -0.39 is 0 Å². The second-order valence-electron chi connectivity index (χ2n) is 4.10. The molecule has 1 amide bonds. The maximum atomic E-state index is 11.7. The van der Waals surface area contributed by atoms with Crippen molar-refractivity contribution in [3.8, 4) is 0 Å². The van der Waals surface area contributed by atoms with Crippen molar-refractivity contribution in [2.24, 2.45) is 17.4 Å². The van der Waals surface area contributed by atoms with Crippen molar-refractivity contribution in [2.75, 3.05) is 13.1 Å². The lowest BCUT2D eigenvalue weighted by Gasteiger charge is -2.22. The van der Waals surface area contributed by atoms with E-state index in [2.05, 4.69) is 0 Å². The van der Waals surface area contributed by atoms with Crippen molar-refractivity contribution in [1.82, 2.24) is 4.90 Å². The van der Waals surface area contributed by atoms with Crippen LogP contribution in [0.3, 0.4) is 0 Å². The molecule has 0 bridgehead atoms. The molecule has 1 saturated heterocycles. The zero-order chi connectivity index (χ0) is 10.0. The molecule has 2 atom stereocenters. The van der Waals surface area contributed by atoms with Crippen LogP contribution in [0.25, 0.3) is 0 Å². The molecule has 1 heterocycles. The van der Waals surface area contributed by atoms with Gasteiger partial charge in [0.1, 0.15) is 0 Å². The number of nitrogens with zero attached hydrogens (tertiary/aromatic N) is 1. The van der Waals surface area contributed by atoms with Crippen molar-refractivity contribution >= 4 is 5.91 Å². The van der Waals surface area contributed by atoms with Crippen LogP contribution in [-0.4, -0.2) is 36.0 Å². The van der Waals surface area contributed by atoms with E-state index in [0.717, 1.165) is 13.0 Å². The largest absolute Gasteiger partial charge is 0.340 e. The normalized spacial score (nSPS) is 25.3. The second-order valence-corrected chi connectivity index (χ2v) is 4.10. The predicted octanol–water partition coefficient (Wildman–Crippen LogP) is -0.471. The average Bonchev–Trinajstić information content (AvgIpc) is 2.49. The van der Waals surface area contributed by atoms with E-state index in [1.54, 1.807) is 4.90 Å². The minimum Gasteiger partial charge on any atom is -0.340 e. The fourth-order valence-corrected chi connectivity index (χ4v) is 1.48. The first-order chi connectivity index (χ1) is 6.02. The van der Waals surface area contributed by atoms with Gasteiger partial charge in [0.25, 0.3) is 0 Å². The topological polar surface area (TPSA) is 72.4 Å². The minimum absolute atomic E-state index is 0.0444. The standard InChI is InChI=1S/C9H19N3O/c1-6(2)8(11)9(13)12-4-3-7(10)5-12/h6-8H,3-5,10-11H2,1-2H3/t7-,8+/m1/s1. The summed E-state index contributed by atoms with van der Waals surface area (Å²) in [4.78, 5) is 13.5. The van der Waals surface area contributed by atoms with Gasteiger partial charge in [0.15, 0.2) is 0 Å². The molecule has 0 aromatic heterocycles. The van der Waals surface area contributed by atoms with Crippen LogP contribution in [-0.2, 0) is 4.79 Å². The second kappa shape index (κ2) is 4.07. The Labute approximate surface area is 79.3 Å². The highest BCUT2D eigenvalue weighted by atomic mass is 16.2. The summed E-state index contributed by atoms with van der Waals surface area (Å²) in [7, 11) is 0. The molecule has 4 heteroatoms. The van der Waals surface area contributed by atoms with E-state index in [9.17, 15) is 4.79 Å². The Morgan fingerprint density at radius 3 is 2.54 bits per heavy atom. The highest BCUT2D eigenvalue weighted by molar-refractivity contribution is 5.82. The zero-order valence-electron chi connectivity index (χ0n) is 8.36. The molecule has 0 aromatic carbocycles. The quantitative estimate of drug-likeness (QED) is 0.611.